The number of carbonyl (C=O) groups excluding carboxylic acids is 1. The molecule has 0 atom stereocenters. The normalized spacial score (nSPS) is 31.6. The van der Waals surface area contributed by atoms with Crippen LogP contribution in [0.4, 0.5) is 0 Å². The SMILES string of the molecule is O=C1CS/C1=C1/SSC1=S. The maximum Gasteiger partial charge on any atom is 0.180 e. The molecule has 0 aliphatic carbocycles. The molecule has 1 nitrogen and oxygen atoms in total. The number of hydrogen-bond acceptors (Lipinski definition) is 5. The Morgan fingerprint density at radius 2 is 2.10 bits per heavy atom. The summed E-state index contributed by atoms with van der Waals surface area (Å²) >= 11 is 6.56. The zero-order chi connectivity index (χ0) is 7.14. The van der Waals surface area contributed by atoms with Gasteiger partial charge in [0.15, 0.2) is 5.78 Å². The Balaban J connectivity index is 2.28. The average Bonchev–Trinajstić information content (AvgIpc) is 1.93. The van der Waals surface area contributed by atoms with E-state index in [1.165, 1.54) is 0 Å². The van der Waals surface area contributed by atoms with Crippen molar-refractivity contribution >= 4 is 55.5 Å². The lowest BCUT2D eigenvalue weighted by Gasteiger charge is -2.24. The van der Waals surface area contributed by atoms with E-state index in [4.69, 9.17) is 12.2 Å². The van der Waals surface area contributed by atoms with Crippen molar-refractivity contribution in [2.75, 3.05) is 5.75 Å². The molecule has 2 aliphatic rings. The van der Waals surface area contributed by atoms with E-state index in [9.17, 15) is 4.79 Å². The van der Waals surface area contributed by atoms with Gasteiger partial charge in [0.25, 0.3) is 0 Å². The lowest BCUT2D eigenvalue weighted by Crippen LogP contribution is -2.19. The second kappa shape index (κ2) is 2.55. The molecule has 10 heavy (non-hydrogen) atoms. The molecule has 2 fully saturated rings. The minimum atomic E-state index is 0.259. The number of carbonyl (C=O) groups is 1. The second-order valence-corrected chi connectivity index (χ2v) is 5.63. The molecule has 2 heterocycles. The lowest BCUT2D eigenvalue weighted by molar-refractivity contribution is -0.113. The van der Waals surface area contributed by atoms with Crippen LogP contribution in [0, 0.1) is 0 Å². The first-order valence-electron chi connectivity index (χ1n) is 2.58. The molecular weight excluding hydrogens is 204 g/mol. The summed E-state index contributed by atoms with van der Waals surface area (Å²) in [5.74, 6) is 0.905. The maximum atomic E-state index is 10.8. The van der Waals surface area contributed by atoms with Crippen molar-refractivity contribution in [2.24, 2.45) is 0 Å². The Kier molecular flexibility index (Phi) is 1.84. The number of thioether (sulfide) groups is 1. The number of rotatable bonds is 0. The third-order valence-electron chi connectivity index (χ3n) is 1.19. The molecule has 0 N–H and O–H groups in total. The zero-order valence-electron chi connectivity index (χ0n) is 4.75. The lowest BCUT2D eigenvalue weighted by atomic mass is 10.3. The van der Waals surface area contributed by atoms with Crippen molar-refractivity contribution in [2.45, 2.75) is 0 Å². The van der Waals surface area contributed by atoms with E-state index in [0.717, 1.165) is 14.0 Å². The van der Waals surface area contributed by atoms with Gasteiger partial charge in [0.05, 0.1) is 19.8 Å². The molecule has 0 aromatic carbocycles. The smallest absolute Gasteiger partial charge is 0.180 e. The van der Waals surface area contributed by atoms with Crippen LogP contribution in [-0.4, -0.2) is 15.7 Å². The van der Waals surface area contributed by atoms with Gasteiger partial charge in [0, 0.05) is 0 Å². The van der Waals surface area contributed by atoms with E-state index in [-0.39, 0.29) is 5.78 Å². The molecule has 2 rings (SSSR count). The first kappa shape index (κ1) is 7.21. The van der Waals surface area contributed by atoms with Crippen LogP contribution in [0.1, 0.15) is 0 Å². The van der Waals surface area contributed by atoms with Crippen LogP contribution in [0.2, 0.25) is 0 Å². The van der Waals surface area contributed by atoms with Crippen molar-refractivity contribution in [1.29, 1.82) is 0 Å². The van der Waals surface area contributed by atoms with Crippen LogP contribution in [0.15, 0.2) is 9.81 Å². The summed E-state index contributed by atoms with van der Waals surface area (Å²) in [6.07, 6.45) is 0. The van der Waals surface area contributed by atoms with Crippen molar-refractivity contribution < 1.29 is 4.79 Å². The topological polar surface area (TPSA) is 17.1 Å². The molecule has 0 unspecified atom stereocenters. The molecule has 52 valence electrons. The zero-order valence-corrected chi connectivity index (χ0v) is 8.01. The van der Waals surface area contributed by atoms with Crippen molar-refractivity contribution in [3.8, 4) is 0 Å². The fraction of sp³-hybridized carbons (Fsp3) is 0.200. The Morgan fingerprint density at radius 1 is 1.30 bits per heavy atom. The molecule has 0 aromatic heterocycles. The average molecular weight is 206 g/mol. The molecule has 0 spiro atoms. The van der Waals surface area contributed by atoms with Gasteiger partial charge in [-0.2, -0.15) is 0 Å². The third-order valence-corrected chi connectivity index (χ3v) is 5.74. The number of ketones is 1. The van der Waals surface area contributed by atoms with Gasteiger partial charge in [-0.15, -0.1) is 11.8 Å². The fourth-order valence-electron chi connectivity index (χ4n) is 0.643. The Labute approximate surface area is 75.8 Å². The van der Waals surface area contributed by atoms with E-state index in [0.29, 0.717) is 5.75 Å². The van der Waals surface area contributed by atoms with Crippen LogP contribution >= 0.6 is 45.6 Å². The second-order valence-electron chi connectivity index (χ2n) is 1.82. The summed E-state index contributed by atoms with van der Waals surface area (Å²) in [5.41, 5.74) is 0. The van der Waals surface area contributed by atoms with Gasteiger partial charge in [0.1, 0.15) is 0 Å². The largest absolute Gasteiger partial charge is 0.293 e. The van der Waals surface area contributed by atoms with Crippen LogP contribution in [-0.2, 0) is 4.79 Å². The number of thiocarbonyl (C=S) groups is 1. The molecule has 2 saturated heterocycles. The highest BCUT2D eigenvalue weighted by Crippen LogP contribution is 2.52. The van der Waals surface area contributed by atoms with Gasteiger partial charge in [-0.1, -0.05) is 12.2 Å². The van der Waals surface area contributed by atoms with E-state index < -0.39 is 0 Å². The van der Waals surface area contributed by atoms with E-state index in [1.54, 1.807) is 33.3 Å². The van der Waals surface area contributed by atoms with Crippen LogP contribution in [0.3, 0.4) is 0 Å². The molecule has 2 aliphatic heterocycles. The molecule has 0 aromatic rings. The van der Waals surface area contributed by atoms with Gasteiger partial charge in [-0.25, -0.2) is 0 Å². The molecule has 0 bridgehead atoms. The van der Waals surface area contributed by atoms with Crippen LogP contribution in [0.25, 0.3) is 0 Å². The Bertz CT molecular complexity index is 228. The van der Waals surface area contributed by atoms with Crippen LogP contribution < -0.4 is 0 Å². The summed E-state index contributed by atoms with van der Waals surface area (Å²) in [4.78, 5) is 12.8. The summed E-state index contributed by atoms with van der Waals surface area (Å²) in [6, 6.07) is 0. The van der Waals surface area contributed by atoms with Gasteiger partial charge in [-0.3, -0.25) is 4.79 Å². The molecule has 0 amide bonds. The highest BCUT2D eigenvalue weighted by Gasteiger charge is 2.32. The summed E-state index contributed by atoms with van der Waals surface area (Å²) in [6.45, 7) is 0. The third kappa shape index (κ3) is 0.958. The minimum absolute atomic E-state index is 0.259. The highest BCUT2D eigenvalue weighted by molar-refractivity contribution is 8.90. The first-order chi connectivity index (χ1) is 4.79. The molecule has 0 radical (unpaired) electrons. The van der Waals surface area contributed by atoms with E-state index >= 15 is 0 Å². The predicted octanol–water partition coefficient (Wildman–Crippen LogP) is 2.24. The van der Waals surface area contributed by atoms with E-state index in [2.05, 4.69) is 0 Å². The van der Waals surface area contributed by atoms with Crippen LogP contribution in [0.5, 0.6) is 0 Å². The predicted molar refractivity (Wildman–Crippen MR) is 52.3 cm³/mol. The van der Waals surface area contributed by atoms with E-state index in [1.807, 2.05) is 0 Å². The maximum absolute atomic E-state index is 10.8. The molecular formula is C5H2OS4. The van der Waals surface area contributed by atoms with Gasteiger partial charge < -0.3 is 0 Å². The Hall–Kier alpha value is 0.550. The van der Waals surface area contributed by atoms with Crippen molar-refractivity contribution in [3.05, 3.63) is 9.81 Å². The van der Waals surface area contributed by atoms with Gasteiger partial charge in [-0.05, 0) is 21.6 Å². The fourth-order valence-corrected chi connectivity index (χ4v) is 4.07. The first-order valence-corrected chi connectivity index (χ1v) is 6.12. The summed E-state index contributed by atoms with van der Waals surface area (Å²) in [5, 5.41) is 0. The number of hydrogen-bond donors (Lipinski definition) is 0. The standard InChI is InChI=1S/C5H2OS4/c6-2-1-8-3(2)4-5(7)10-9-4/h1H2/b4-3+. The summed E-state index contributed by atoms with van der Waals surface area (Å²) in [7, 11) is 3.19. The van der Waals surface area contributed by atoms with Crippen molar-refractivity contribution in [3.63, 3.8) is 0 Å². The minimum Gasteiger partial charge on any atom is -0.293 e. The van der Waals surface area contributed by atoms with Gasteiger partial charge in [0.2, 0.25) is 0 Å². The highest BCUT2D eigenvalue weighted by atomic mass is 33.1. The van der Waals surface area contributed by atoms with Gasteiger partial charge >= 0.3 is 0 Å². The monoisotopic (exact) mass is 206 g/mol. The van der Waals surface area contributed by atoms with Crippen molar-refractivity contribution in [1.82, 2.24) is 0 Å². The number of Topliss-reactive ketones (excluding diaryl/α,β-unsaturated/α-hetero) is 1. The molecule has 0 saturated carbocycles. The number of allylic oxidation sites excluding steroid dienone is 1. The molecule has 5 heteroatoms. The summed E-state index contributed by atoms with van der Waals surface area (Å²) < 4.78 is 0.889. The quantitative estimate of drug-likeness (QED) is 0.342. The Morgan fingerprint density at radius 3 is 2.20 bits per heavy atom.